The van der Waals surface area contributed by atoms with Gasteiger partial charge in [-0.2, -0.15) is 0 Å². The SMILES string of the molecule is COc1cc(C)cc(C)c1C(O)Cc1cc(C)ccc1C. The molecule has 0 saturated heterocycles. The molecule has 0 aliphatic carbocycles. The zero-order valence-electron chi connectivity index (χ0n) is 13.5. The minimum atomic E-state index is -0.555. The molecule has 0 aromatic heterocycles. The lowest BCUT2D eigenvalue weighted by Crippen LogP contribution is -2.08. The van der Waals surface area contributed by atoms with E-state index in [1.807, 2.05) is 19.9 Å². The maximum atomic E-state index is 10.7. The fourth-order valence-electron chi connectivity index (χ4n) is 2.87. The average molecular weight is 284 g/mol. The van der Waals surface area contributed by atoms with E-state index in [0.29, 0.717) is 6.42 Å². The molecule has 0 amide bonds. The van der Waals surface area contributed by atoms with Crippen molar-refractivity contribution in [1.29, 1.82) is 0 Å². The van der Waals surface area contributed by atoms with Crippen molar-refractivity contribution in [2.24, 2.45) is 0 Å². The van der Waals surface area contributed by atoms with E-state index >= 15 is 0 Å². The third-order valence-corrected chi connectivity index (χ3v) is 3.96. The fourth-order valence-corrected chi connectivity index (χ4v) is 2.87. The maximum Gasteiger partial charge on any atom is 0.125 e. The molecule has 0 bridgehead atoms. The van der Waals surface area contributed by atoms with Crippen molar-refractivity contribution in [2.75, 3.05) is 7.11 Å². The quantitative estimate of drug-likeness (QED) is 0.911. The number of hydrogen-bond acceptors (Lipinski definition) is 2. The van der Waals surface area contributed by atoms with Gasteiger partial charge in [-0.3, -0.25) is 0 Å². The second-order valence-corrected chi connectivity index (χ2v) is 5.85. The van der Waals surface area contributed by atoms with Crippen molar-refractivity contribution < 1.29 is 9.84 Å². The molecular weight excluding hydrogens is 260 g/mol. The number of ether oxygens (including phenoxy) is 1. The van der Waals surface area contributed by atoms with Crippen LogP contribution in [0.3, 0.4) is 0 Å². The summed E-state index contributed by atoms with van der Waals surface area (Å²) in [5, 5.41) is 10.7. The summed E-state index contributed by atoms with van der Waals surface area (Å²) in [6.07, 6.45) is 0.0504. The molecule has 1 atom stereocenters. The van der Waals surface area contributed by atoms with Gasteiger partial charge >= 0.3 is 0 Å². The number of benzene rings is 2. The normalized spacial score (nSPS) is 12.3. The lowest BCUT2D eigenvalue weighted by atomic mass is 9.93. The monoisotopic (exact) mass is 284 g/mol. The summed E-state index contributed by atoms with van der Waals surface area (Å²) in [5.41, 5.74) is 6.73. The van der Waals surface area contributed by atoms with Crippen LogP contribution in [0.1, 0.15) is 39.5 Å². The van der Waals surface area contributed by atoms with Crippen LogP contribution in [0.2, 0.25) is 0 Å². The van der Waals surface area contributed by atoms with E-state index in [9.17, 15) is 5.11 Å². The number of aliphatic hydroxyl groups excluding tert-OH is 1. The predicted molar refractivity (Wildman–Crippen MR) is 87.0 cm³/mol. The Balaban J connectivity index is 2.36. The van der Waals surface area contributed by atoms with Crippen molar-refractivity contribution >= 4 is 0 Å². The standard InChI is InChI=1S/C19H24O2/c1-12-6-7-14(3)16(9-12)11-17(20)19-15(4)8-13(2)10-18(19)21-5/h6-10,17,20H,11H2,1-5H3. The van der Waals surface area contributed by atoms with E-state index < -0.39 is 6.10 Å². The van der Waals surface area contributed by atoms with Gasteiger partial charge in [0.2, 0.25) is 0 Å². The number of aryl methyl sites for hydroxylation is 4. The van der Waals surface area contributed by atoms with Crippen molar-refractivity contribution in [3.8, 4) is 5.75 Å². The zero-order valence-corrected chi connectivity index (χ0v) is 13.5. The van der Waals surface area contributed by atoms with Crippen LogP contribution in [-0.2, 0) is 6.42 Å². The highest BCUT2D eigenvalue weighted by Gasteiger charge is 2.18. The van der Waals surface area contributed by atoms with E-state index in [1.54, 1.807) is 7.11 Å². The minimum absolute atomic E-state index is 0.555. The third kappa shape index (κ3) is 3.45. The van der Waals surface area contributed by atoms with Gasteiger partial charge in [0.05, 0.1) is 13.2 Å². The van der Waals surface area contributed by atoms with Crippen molar-refractivity contribution in [3.63, 3.8) is 0 Å². The lowest BCUT2D eigenvalue weighted by Gasteiger charge is -2.19. The van der Waals surface area contributed by atoms with E-state index in [4.69, 9.17) is 4.74 Å². The summed E-state index contributed by atoms with van der Waals surface area (Å²) in [4.78, 5) is 0. The first-order valence-corrected chi connectivity index (χ1v) is 7.31. The van der Waals surface area contributed by atoms with Crippen molar-refractivity contribution in [2.45, 2.75) is 40.2 Å². The molecule has 0 fully saturated rings. The molecule has 2 aromatic rings. The van der Waals surface area contributed by atoms with Crippen LogP contribution in [-0.4, -0.2) is 12.2 Å². The number of methoxy groups -OCH3 is 1. The third-order valence-electron chi connectivity index (χ3n) is 3.96. The van der Waals surface area contributed by atoms with Gasteiger partial charge in [-0.15, -0.1) is 0 Å². The summed E-state index contributed by atoms with van der Waals surface area (Å²) in [6.45, 7) is 8.22. The van der Waals surface area contributed by atoms with Gasteiger partial charge in [0.1, 0.15) is 5.75 Å². The van der Waals surface area contributed by atoms with Gasteiger partial charge in [0, 0.05) is 12.0 Å². The van der Waals surface area contributed by atoms with Gasteiger partial charge in [-0.25, -0.2) is 0 Å². The lowest BCUT2D eigenvalue weighted by molar-refractivity contribution is 0.173. The molecule has 2 rings (SSSR count). The Morgan fingerprint density at radius 3 is 2.33 bits per heavy atom. The topological polar surface area (TPSA) is 29.5 Å². The Hall–Kier alpha value is -1.80. The molecule has 0 heterocycles. The molecule has 2 aromatic carbocycles. The molecule has 1 N–H and O–H groups in total. The second-order valence-electron chi connectivity index (χ2n) is 5.85. The van der Waals surface area contributed by atoms with Crippen LogP contribution < -0.4 is 4.74 Å². The molecule has 112 valence electrons. The van der Waals surface area contributed by atoms with Gasteiger partial charge in [0.15, 0.2) is 0 Å². The van der Waals surface area contributed by atoms with E-state index in [-0.39, 0.29) is 0 Å². The minimum Gasteiger partial charge on any atom is -0.496 e. The van der Waals surface area contributed by atoms with Gasteiger partial charge in [-0.05, 0) is 56.0 Å². The zero-order chi connectivity index (χ0) is 15.6. The van der Waals surface area contributed by atoms with Crippen LogP contribution in [0.25, 0.3) is 0 Å². The molecule has 0 saturated carbocycles. The molecule has 0 spiro atoms. The van der Waals surface area contributed by atoms with Crippen molar-refractivity contribution in [1.82, 2.24) is 0 Å². The average Bonchev–Trinajstić information content (AvgIpc) is 2.41. The number of aliphatic hydroxyl groups is 1. The first kappa shape index (κ1) is 15.6. The van der Waals surface area contributed by atoms with E-state index in [2.05, 4.69) is 38.1 Å². The Bertz CT molecular complexity index is 644. The van der Waals surface area contributed by atoms with Gasteiger partial charge in [0.25, 0.3) is 0 Å². The highest BCUT2D eigenvalue weighted by Crippen LogP contribution is 2.32. The van der Waals surface area contributed by atoms with E-state index in [0.717, 1.165) is 22.4 Å². The van der Waals surface area contributed by atoms with Crippen LogP contribution in [0.4, 0.5) is 0 Å². The Labute approximate surface area is 127 Å². The molecule has 21 heavy (non-hydrogen) atoms. The van der Waals surface area contributed by atoms with Gasteiger partial charge < -0.3 is 9.84 Å². The van der Waals surface area contributed by atoms with Crippen LogP contribution in [0.5, 0.6) is 5.75 Å². The second kappa shape index (κ2) is 6.31. The van der Waals surface area contributed by atoms with E-state index in [1.165, 1.54) is 16.7 Å². The Morgan fingerprint density at radius 2 is 1.67 bits per heavy atom. The molecule has 0 radical (unpaired) electrons. The first-order chi connectivity index (χ1) is 9.92. The smallest absolute Gasteiger partial charge is 0.125 e. The Kier molecular flexibility index (Phi) is 4.69. The molecular formula is C19H24O2. The number of hydrogen-bond donors (Lipinski definition) is 1. The van der Waals surface area contributed by atoms with Crippen LogP contribution in [0.15, 0.2) is 30.3 Å². The first-order valence-electron chi connectivity index (χ1n) is 7.31. The summed E-state index contributed by atoms with van der Waals surface area (Å²) < 4.78 is 5.46. The summed E-state index contributed by atoms with van der Waals surface area (Å²) >= 11 is 0. The summed E-state index contributed by atoms with van der Waals surface area (Å²) in [7, 11) is 1.66. The maximum absolute atomic E-state index is 10.7. The highest BCUT2D eigenvalue weighted by molar-refractivity contribution is 5.45. The molecule has 1 unspecified atom stereocenters. The molecule has 2 heteroatoms. The predicted octanol–water partition coefficient (Wildman–Crippen LogP) is 4.20. The molecule has 0 aliphatic rings. The van der Waals surface area contributed by atoms with Crippen LogP contribution >= 0.6 is 0 Å². The summed E-state index contributed by atoms with van der Waals surface area (Å²) in [5.74, 6) is 0.769. The summed E-state index contributed by atoms with van der Waals surface area (Å²) in [6, 6.07) is 10.4. The van der Waals surface area contributed by atoms with Gasteiger partial charge in [-0.1, -0.05) is 29.8 Å². The fraction of sp³-hybridized carbons (Fsp3) is 0.368. The largest absolute Gasteiger partial charge is 0.496 e. The Morgan fingerprint density at radius 1 is 0.952 bits per heavy atom. The molecule has 2 nitrogen and oxygen atoms in total. The molecule has 0 aliphatic heterocycles. The highest BCUT2D eigenvalue weighted by atomic mass is 16.5. The number of rotatable bonds is 4. The van der Waals surface area contributed by atoms with Crippen molar-refractivity contribution in [3.05, 3.63) is 63.7 Å². The van der Waals surface area contributed by atoms with Crippen LogP contribution in [0, 0.1) is 27.7 Å².